The minimum absolute atomic E-state index is 0.00569. The molecule has 0 fully saturated rings. The monoisotopic (exact) mass is 1070 g/mol. The van der Waals surface area contributed by atoms with Crippen molar-refractivity contribution in [2.24, 2.45) is 34.8 Å². The molecule has 8 atom stereocenters. The van der Waals surface area contributed by atoms with Gasteiger partial charge in [-0.25, -0.2) is 4.79 Å². The van der Waals surface area contributed by atoms with Crippen LogP contribution in [0.3, 0.4) is 0 Å². The van der Waals surface area contributed by atoms with E-state index in [4.69, 9.17) is 22.9 Å². The first-order valence-corrected chi connectivity index (χ1v) is 27.2. The Morgan fingerprint density at radius 1 is 0.377 bits per heavy atom. The first-order valence-electron chi connectivity index (χ1n) is 27.2. The van der Waals surface area contributed by atoms with Crippen LogP contribution < -0.4 is 60.2 Å². The van der Waals surface area contributed by atoms with E-state index in [0.29, 0.717) is 81.3 Å². The second-order valence-electron chi connectivity index (χ2n) is 20.6. The Labute approximate surface area is 454 Å². The molecule has 0 aromatic heterocycles. The van der Waals surface area contributed by atoms with Crippen LogP contribution in [0.15, 0.2) is 91.0 Å². The molecule has 424 valence electrons. The van der Waals surface area contributed by atoms with Gasteiger partial charge in [0.15, 0.2) is 0 Å². The molecule has 3 rings (SSSR count). The van der Waals surface area contributed by atoms with E-state index in [1.165, 1.54) is 0 Å². The fourth-order valence-electron chi connectivity index (χ4n) is 8.65. The highest BCUT2D eigenvalue weighted by Crippen LogP contribution is 2.14. The standard InChI is InChI=1S/C57H87N11O9/c1-37(2)32-45(53(72)67-48(35-40-22-10-6-11-23-40)56(75)65-46(33-38(3)4)54(73)68-49(57(76)77)36-41-24-12-7-13-25-41)64-55(74)47(34-39-20-8-5-9-21-39)66-52(71)44(28-16-19-31-60)63-51(70)43(27-15-18-30-59)62-50(69)42(61)26-14-17-29-58/h5-13,20-25,37-38,42-49H,14-19,26-36,58-61H2,1-4H3,(H,62,69)(H,63,70)(H,64,74)(H,65,75)(H,66,71)(H,67,72)(H,68,73)(H,76,77)/t42-,43+,44-,45-,46-,47+,48+,49+/m0/s1. The zero-order chi connectivity index (χ0) is 56.7. The molecule has 0 saturated heterocycles. The zero-order valence-corrected chi connectivity index (χ0v) is 45.5. The maximum Gasteiger partial charge on any atom is 0.326 e. The highest BCUT2D eigenvalue weighted by atomic mass is 16.4. The van der Waals surface area contributed by atoms with Crippen molar-refractivity contribution in [3.63, 3.8) is 0 Å². The lowest BCUT2D eigenvalue weighted by Crippen LogP contribution is -2.61. The van der Waals surface area contributed by atoms with Gasteiger partial charge < -0.3 is 65.3 Å². The van der Waals surface area contributed by atoms with E-state index in [1.807, 2.05) is 27.7 Å². The fourth-order valence-corrected chi connectivity index (χ4v) is 8.65. The van der Waals surface area contributed by atoms with Gasteiger partial charge in [0.25, 0.3) is 0 Å². The molecule has 0 aliphatic rings. The summed E-state index contributed by atoms with van der Waals surface area (Å²) in [5, 5.41) is 29.6. The summed E-state index contributed by atoms with van der Waals surface area (Å²) < 4.78 is 0. The van der Waals surface area contributed by atoms with Crippen molar-refractivity contribution in [1.82, 2.24) is 37.2 Å². The van der Waals surface area contributed by atoms with Crippen LogP contribution in [0.1, 0.15) is 115 Å². The van der Waals surface area contributed by atoms with Crippen LogP contribution in [-0.4, -0.2) is 120 Å². The van der Waals surface area contributed by atoms with Crippen LogP contribution in [-0.2, 0) is 57.6 Å². The van der Waals surface area contributed by atoms with E-state index >= 15 is 0 Å². The third kappa shape index (κ3) is 24.9. The van der Waals surface area contributed by atoms with Crippen molar-refractivity contribution >= 4 is 47.3 Å². The smallest absolute Gasteiger partial charge is 0.326 e. The Morgan fingerprint density at radius 2 is 0.649 bits per heavy atom. The van der Waals surface area contributed by atoms with E-state index < -0.39 is 95.7 Å². The van der Waals surface area contributed by atoms with Crippen molar-refractivity contribution in [3.8, 4) is 0 Å². The quantitative estimate of drug-likeness (QED) is 0.0368. The third-order valence-electron chi connectivity index (χ3n) is 12.9. The number of nitrogens with two attached hydrogens (primary N) is 4. The number of rotatable bonds is 37. The maximum atomic E-state index is 14.7. The molecule has 7 amide bonds. The Morgan fingerprint density at radius 3 is 0.987 bits per heavy atom. The Kier molecular flexibility index (Phi) is 29.8. The van der Waals surface area contributed by atoms with Gasteiger partial charge in [-0.05, 0) is 112 Å². The van der Waals surface area contributed by atoms with E-state index in [-0.39, 0.29) is 56.8 Å². The summed E-state index contributed by atoms with van der Waals surface area (Å²) in [6.45, 7) is 8.56. The van der Waals surface area contributed by atoms with Crippen LogP contribution >= 0.6 is 0 Å². The van der Waals surface area contributed by atoms with Gasteiger partial charge in [-0.1, -0.05) is 125 Å². The molecular weight excluding hydrogens is 983 g/mol. The van der Waals surface area contributed by atoms with Crippen LogP contribution in [0.2, 0.25) is 0 Å². The topological polar surface area (TPSA) is 345 Å². The van der Waals surface area contributed by atoms with Crippen molar-refractivity contribution in [2.45, 2.75) is 166 Å². The molecular formula is C57H87N11O9. The average Bonchev–Trinajstić information content (AvgIpc) is 3.39. The van der Waals surface area contributed by atoms with Crippen LogP contribution in [0.5, 0.6) is 0 Å². The van der Waals surface area contributed by atoms with Gasteiger partial charge >= 0.3 is 5.97 Å². The number of carboxylic acids is 1. The molecule has 3 aromatic carbocycles. The number of hydrogen-bond donors (Lipinski definition) is 12. The number of carboxylic acid groups (broad SMARTS) is 1. The highest BCUT2D eigenvalue weighted by Gasteiger charge is 2.35. The maximum absolute atomic E-state index is 14.7. The van der Waals surface area contributed by atoms with Crippen LogP contribution in [0.25, 0.3) is 0 Å². The molecule has 0 aliphatic carbocycles. The van der Waals surface area contributed by atoms with Crippen molar-refractivity contribution in [1.29, 1.82) is 0 Å². The SMILES string of the molecule is CC(C)C[C@H](NC(=O)[C@@H](Cc1ccccc1)NC(=O)[C@H](CC(C)C)NC(=O)[C@@H](Cc1ccccc1)NC(=O)[C@H](CCCCN)NC(=O)[C@@H](CCCCN)NC(=O)[C@@H](N)CCCCN)C(=O)N[C@H](Cc1ccccc1)C(=O)O. The number of hydrogen-bond acceptors (Lipinski definition) is 12. The summed E-state index contributed by atoms with van der Waals surface area (Å²) in [7, 11) is 0. The molecule has 77 heavy (non-hydrogen) atoms. The predicted molar refractivity (Wildman–Crippen MR) is 297 cm³/mol. The minimum Gasteiger partial charge on any atom is -0.480 e. The summed E-state index contributed by atoms with van der Waals surface area (Å²) >= 11 is 0. The second kappa shape index (κ2) is 35.6. The summed E-state index contributed by atoms with van der Waals surface area (Å²) in [6.07, 6.45) is 4.36. The molecule has 0 saturated carbocycles. The van der Waals surface area contributed by atoms with Crippen molar-refractivity contribution in [3.05, 3.63) is 108 Å². The number of unbranched alkanes of at least 4 members (excludes halogenated alkanes) is 3. The lowest BCUT2D eigenvalue weighted by atomic mass is 9.98. The molecule has 0 heterocycles. The summed E-state index contributed by atoms with van der Waals surface area (Å²) in [4.78, 5) is 112. The Balaban J connectivity index is 1.94. The van der Waals surface area contributed by atoms with Gasteiger partial charge in [-0.15, -0.1) is 0 Å². The molecule has 20 nitrogen and oxygen atoms in total. The largest absolute Gasteiger partial charge is 0.480 e. The Hall–Kier alpha value is -6.74. The van der Waals surface area contributed by atoms with E-state index in [2.05, 4.69) is 37.2 Å². The van der Waals surface area contributed by atoms with E-state index in [0.717, 1.165) is 0 Å². The van der Waals surface area contributed by atoms with E-state index in [9.17, 15) is 43.5 Å². The second-order valence-corrected chi connectivity index (χ2v) is 20.6. The van der Waals surface area contributed by atoms with E-state index in [1.54, 1.807) is 91.0 Å². The molecule has 0 radical (unpaired) electrons. The molecule has 0 bridgehead atoms. The Bertz CT molecular complexity index is 2270. The van der Waals surface area contributed by atoms with Crippen LogP contribution in [0.4, 0.5) is 0 Å². The molecule has 16 N–H and O–H groups in total. The molecule has 20 heteroatoms. The first-order chi connectivity index (χ1) is 36.8. The molecule has 0 unspecified atom stereocenters. The van der Waals surface area contributed by atoms with Gasteiger partial charge in [0.05, 0.1) is 6.04 Å². The lowest BCUT2D eigenvalue weighted by molar-refractivity contribution is -0.142. The lowest BCUT2D eigenvalue weighted by Gasteiger charge is -2.29. The summed E-state index contributed by atoms with van der Waals surface area (Å²) in [6, 6.07) is 17.3. The number of aliphatic carboxylic acids is 1. The number of carbonyl (C=O) groups is 8. The molecule has 0 aliphatic heterocycles. The normalized spacial score (nSPS) is 14.4. The minimum atomic E-state index is -1.29. The van der Waals surface area contributed by atoms with Gasteiger partial charge in [-0.3, -0.25) is 33.6 Å². The first kappa shape index (κ1) is 64.5. The van der Waals surface area contributed by atoms with Crippen LogP contribution in [0, 0.1) is 11.8 Å². The number of nitrogens with one attached hydrogen (secondary N) is 7. The summed E-state index contributed by atoms with van der Waals surface area (Å²) in [5.41, 5.74) is 25.4. The number of carbonyl (C=O) groups excluding carboxylic acids is 7. The average molecular weight is 1070 g/mol. The predicted octanol–water partition coefficient (Wildman–Crippen LogP) is 2.00. The van der Waals surface area contributed by atoms with Gasteiger partial charge in [0.1, 0.15) is 42.3 Å². The van der Waals surface area contributed by atoms with Gasteiger partial charge in [-0.2, -0.15) is 0 Å². The number of benzene rings is 3. The zero-order valence-electron chi connectivity index (χ0n) is 45.5. The van der Waals surface area contributed by atoms with Crippen molar-refractivity contribution in [2.75, 3.05) is 19.6 Å². The molecule has 0 spiro atoms. The number of amides is 7. The molecule has 3 aromatic rings. The van der Waals surface area contributed by atoms with Gasteiger partial charge in [0, 0.05) is 19.3 Å². The summed E-state index contributed by atoms with van der Waals surface area (Å²) in [5.74, 6) is -6.19. The van der Waals surface area contributed by atoms with Crippen molar-refractivity contribution < 1.29 is 43.5 Å². The highest BCUT2D eigenvalue weighted by molar-refractivity contribution is 5.97. The van der Waals surface area contributed by atoms with Gasteiger partial charge in [0.2, 0.25) is 41.4 Å². The fraction of sp³-hybridized carbons (Fsp3) is 0.544. The third-order valence-corrected chi connectivity index (χ3v) is 12.9.